The third-order valence-corrected chi connectivity index (χ3v) is 4.46. The molecule has 0 saturated heterocycles. The smallest absolute Gasteiger partial charge is 0.379 e. The van der Waals surface area contributed by atoms with Crippen molar-refractivity contribution in [3.8, 4) is 5.75 Å². The topological polar surface area (TPSA) is 193 Å². The van der Waals surface area contributed by atoms with E-state index in [1.54, 1.807) is 6.92 Å². The highest BCUT2D eigenvalue weighted by molar-refractivity contribution is 5.95. The van der Waals surface area contributed by atoms with Gasteiger partial charge in [0, 0.05) is 24.3 Å². The number of aliphatic carboxylic acids is 2. The molecule has 0 radical (unpaired) electrons. The van der Waals surface area contributed by atoms with Crippen LogP contribution < -0.4 is 15.8 Å². The Balaban J connectivity index is 1.93. The number of hydrogen-bond donors (Lipinski definition) is 5. The van der Waals surface area contributed by atoms with Crippen LogP contribution in [-0.2, 0) is 20.8 Å². The van der Waals surface area contributed by atoms with Crippen molar-refractivity contribution in [3.63, 3.8) is 0 Å². The van der Waals surface area contributed by atoms with Crippen LogP contribution in [0.15, 0.2) is 40.8 Å². The average Bonchev–Trinajstić information content (AvgIpc) is 3.19. The number of amidine groups is 1. The summed E-state index contributed by atoms with van der Waals surface area (Å²) < 4.78 is 10.6. The maximum absolute atomic E-state index is 12.3. The fourth-order valence-corrected chi connectivity index (χ4v) is 2.69. The summed E-state index contributed by atoms with van der Waals surface area (Å²) in [7, 11) is 0. The number of esters is 1. The van der Waals surface area contributed by atoms with Gasteiger partial charge in [0.25, 0.3) is 0 Å². The number of nitrogen functional groups attached to an aromatic ring is 1. The van der Waals surface area contributed by atoms with Crippen LogP contribution in [0.3, 0.4) is 0 Å². The fourth-order valence-electron chi connectivity index (χ4n) is 2.69. The number of nitrogens with one attached hydrogen (secondary N) is 2. The maximum Gasteiger partial charge on any atom is 0.379 e. The van der Waals surface area contributed by atoms with E-state index in [9.17, 15) is 19.2 Å². The first-order valence-corrected chi connectivity index (χ1v) is 9.57. The minimum atomic E-state index is -1.33. The van der Waals surface area contributed by atoms with E-state index in [4.69, 9.17) is 30.5 Å². The zero-order chi connectivity index (χ0) is 23.8. The number of rotatable bonds is 11. The van der Waals surface area contributed by atoms with E-state index in [0.29, 0.717) is 11.3 Å². The molecule has 11 heteroatoms. The highest BCUT2D eigenvalue weighted by Gasteiger charge is 2.25. The second-order valence-corrected chi connectivity index (χ2v) is 7.03. The molecule has 1 unspecified atom stereocenters. The van der Waals surface area contributed by atoms with Crippen molar-refractivity contribution >= 4 is 29.7 Å². The molecule has 6 N–H and O–H groups in total. The molecule has 1 aromatic heterocycles. The minimum absolute atomic E-state index is 0.0810. The third-order valence-electron chi connectivity index (χ3n) is 4.46. The second-order valence-electron chi connectivity index (χ2n) is 7.03. The Hall–Kier alpha value is -4.15. The Morgan fingerprint density at radius 2 is 1.78 bits per heavy atom. The van der Waals surface area contributed by atoms with Gasteiger partial charge in [-0.25, -0.2) is 9.59 Å². The molecular formula is C21H23N3O8. The number of amides is 1. The van der Waals surface area contributed by atoms with Crippen LogP contribution in [0.2, 0.25) is 0 Å². The van der Waals surface area contributed by atoms with Gasteiger partial charge in [0.05, 0.1) is 0 Å². The number of furan rings is 1. The molecule has 2 aromatic rings. The van der Waals surface area contributed by atoms with Crippen LogP contribution >= 0.6 is 0 Å². The molecular weight excluding hydrogens is 422 g/mol. The van der Waals surface area contributed by atoms with Crippen LogP contribution in [-0.4, -0.2) is 45.9 Å². The maximum atomic E-state index is 12.3. The molecule has 0 spiro atoms. The number of carbonyl (C=O) groups excluding carboxylic acids is 2. The predicted molar refractivity (Wildman–Crippen MR) is 110 cm³/mol. The van der Waals surface area contributed by atoms with Gasteiger partial charge in [0.15, 0.2) is 0 Å². The average molecular weight is 445 g/mol. The number of nitrogens with two attached hydrogens (primary N) is 1. The van der Waals surface area contributed by atoms with E-state index in [2.05, 4.69) is 5.32 Å². The minimum Gasteiger partial charge on any atom is -0.481 e. The van der Waals surface area contributed by atoms with Crippen molar-refractivity contribution < 1.29 is 38.5 Å². The number of hydrogen-bond acceptors (Lipinski definition) is 7. The lowest BCUT2D eigenvalue weighted by Gasteiger charge is -2.16. The second kappa shape index (κ2) is 10.8. The zero-order valence-corrected chi connectivity index (χ0v) is 17.2. The Morgan fingerprint density at radius 1 is 1.12 bits per heavy atom. The molecule has 0 aliphatic heterocycles. The summed E-state index contributed by atoms with van der Waals surface area (Å²) in [6.07, 6.45) is -0.558. The highest BCUT2D eigenvalue weighted by Crippen LogP contribution is 2.18. The monoisotopic (exact) mass is 445 g/mol. The largest absolute Gasteiger partial charge is 0.481 e. The lowest BCUT2D eigenvalue weighted by atomic mass is 10.0. The molecule has 32 heavy (non-hydrogen) atoms. The standard InChI is InChI=1S/C21H23N3O8/c1-11(19(27)24-15(20(28)29)7-9-17(25)26)10-14-6-8-16(31-14)21(30)32-13-4-2-12(3-5-13)18(22)23/h2-6,8,11,15H,7,9-10H2,1H3,(H3,22,23)(H,24,27)(H,25,26)(H,28,29)/t11?,15-/m0/s1. The predicted octanol–water partition coefficient (Wildman–Crippen LogP) is 1.40. The summed E-state index contributed by atoms with van der Waals surface area (Å²) in [6.45, 7) is 1.54. The molecule has 0 aliphatic carbocycles. The summed E-state index contributed by atoms with van der Waals surface area (Å²) in [6, 6.07) is 7.58. The molecule has 170 valence electrons. The molecule has 1 aromatic carbocycles. The van der Waals surface area contributed by atoms with Crippen LogP contribution in [0.1, 0.15) is 41.6 Å². The molecule has 2 atom stereocenters. The first-order valence-electron chi connectivity index (χ1n) is 9.57. The first kappa shape index (κ1) is 24.1. The number of ether oxygens (including phenoxy) is 1. The van der Waals surface area contributed by atoms with Gasteiger partial charge < -0.3 is 30.4 Å². The van der Waals surface area contributed by atoms with E-state index < -0.39 is 42.2 Å². The molecule has 0 fully saturated rings. The Morgan fingerprint density at radius 3 is 2.34 bits per heavy atom. The van der Waals surface area contributed by atoms with Gasteiger partial charge in [-0.1, -0.05) is 6.92 Å². The van der Waals surface area contributed by atoms with Crippen molar-refractivity contribution in [3.05, 3.63) is 53.5 Å². The number of carbonyl (C=O) groups is 4. The van der Waals surface area contributed by atoms with Gasteiger partial charge in [-0.2, -0.15) is 0 Å². The number of benzene rings is 1. The van der Waals surface area contributed by atoms with Crippen LogP contribution in [0.25, 0.3) is 0 Å². The molecule has 1 heterocycles. The van der Waals surface area contributed by atoms with Crippen LogP contribution in [0, 0.1) is 11.3 Å². The normalized spacial score (nSPS) is 12.4. The van der Waals surface area contributed by atoms with E-state index in [-0.39, 0.29) is 30.2 Å². The summed E-state index contributed by atoms with van der Waals surface area (Å²) in [5.74, 6) is -4.21. The van der Waals surface area contributed by atoms with Gasteiger partial charge in [0.2, 0.25) is 11.7 Å². The quantitative estimate of drug-likeness (QED) is 0.147. The van der Waals surface area contributed by atoms with E-state index in [1.165, 1.54) is 36.4 Å². The first-order chi connectivity index (χ1) is 15.1. The Kier molecular flexibility index (Phi) is 8.11. The molecule has 0 aliphatic rings. The fraction of sp³-hybridized carbons (Fsp3) is 0.286. The van der Waals surface area contributed by atoms with Gasteiger partial charge in [-0.3, -0.25) is 15.0 Å². The van der Waals surface area contributed by atoms with Crippen molar-refractivity contribution in [1.82, 2.24) is 5.32 Å². The summed E-state index contributed by atoms with van der Waals surface area (Å²) in [5.41, 5.74) is 5.84. The highest BCUT2D eigenvalue weighted by atomic mass is 16.5. The van der Waals surface area contributed by atoms with Gasteiger partial charge >= 0.3 is 17.9 Å². The molecule has 0 saturated carbocycles. The number of carboxylic acid groups (broad SMARTS) is 2. The van der Waals surface area contributed by atoms with Crippen molar-refractivity contribution in [2.24, 2.45) is 11.7 Å². The van der Waals surface area contributed by atoms with Gasteiger partial charge in [0.1, 0.15) is 23.4 Å². The number of carboxylic acids is 2. The van der Waals surface area contributed by atoms with Crippen molar-refractivity contribution in [1.29, 1.82) is 5.41 Å². The lowest BCUT2D eigenvalue weighted by Crippen LogP contribution is -2.43. The van der Waals surface area contributed by atoms with Crippen LogP contribution in [0.4, 0.5) is 0 Å². The van der Waals surface area contributed by atoms with E-state index >= 15 is 0 Å². The van der Waals surface area contributed by atoms with Gasteiger partial charge in [-0.15, -0.1) is 0 Å². The SMILES string of the molecule is CC(Cc1ccc(C(=O)Oc2ccc(C(=N)N)cc2)o1)C(=O)N[C@@H](CCC(=O)O)C(=O)O. The molecule has 11 nitrogen and oxygen atoms in total. The third kappa shape index (κ3) is 6.97. The van der Waals surface area contributed by atoms with Gasteiger partial charge in [-0.05, 0) is 42.8 Å². The summed E-state index contributed by atoms with van der Waals surface area (Å²) in [5, 5.41) is 27.5. The van der Waals surface area contributed by atoms with E-state index in [0.717, 1.165) is 0 Å². The van der Waals surface area contributed by atoms with E-state index in [1.807, 2.05) is 0 Å². The Bertz CT molecular complexity index is 1010. The lowest BCUT2D eigenvalue weighted by molar-refractivity contribution is -0.143. The zero-order valence-electron chi connectivity index (χ0n) is 17.2. The molecule has 2 rings (SSSR count). The molecule has 1 amide bonds. The molecule has 0 bridgehead atoms. The van der Waals surface area contributed by atoms with Crippen molar-refractivity contribution in [2.45, 2.75) is 32.2 Å². The summed E-state index contributed by atoms with van der Waals surface area (Å²) >= 11 is 0. The van der Waals surface area contributed by atoms with Crippen LogP contribution in [0.5, 0.6) is 5.75 Å². The van der Waals surface area contributed by atoms with Crippen molar-refractivity contribution in [2.75, 3.05) is 0 Å². The Labute approximate surface area is 182 Å². The summed E-state index contributed by atoms with van der Waals surface area (Å²) in [4.78, 5) is 46.4.